The molecule has 0 atom stereocenters. The van der Waals surface area contributed by atoms with Crippen molar-refractivity contribution in [3.63, 3.8) is 0 Å². The molecule has 0 unspecified atom stereocenters. The van der Waals surface area contributed by atoms with Gasteiger partial charge >= 0.3 is 5.97 Å². The highest BCUT2D eigenvalue weighted by Crippen LogP contribution is 2.22. The molecule has 1 amide bonds. The van der Waals surface area contributed by atoms with Crippen LogP contribution in [0.25, 0.3) is 0 Å². The second-order valence-corrected chi connectivity index (χ2v) is 5.02. The normalized spacial score (nSPS) is 14.2. The van der Waals surface area contributed by atoms with Crippen LogP contribution in [0, 0.1) is 5.82 Å². The molecule has 0 radical (unpaired) electrons. The Morgan fingerprint density at radius 2 is 2.11 bits per heavy atom. The zero-order valence-corrected chi connectivity index (χ0v) is 10.4. The molecule has 1 aromatic carbocycles. The minimum atomic E-state index is -1.30. The summed E-state index contributed by atoms with van der Waals surface area (Å²) >= 11 is 1.23. The van der Waals surface area contributed by atoms with Crippen LogP contribution in [0.1, 0.15) is 16.8 Å². The van der Waals surface area contributed by atoms with Gasteiger partial charge < -0.3 is 10.0 Å². The molecule has 1 aliphatic rings. The molecule has 2 rings (SSSR count). The number of halogens is 1. The van der Waals surface area contributed by atoms with Crippen LogP contribution in [0.4, 0.5) is 4.39 Å². The van der Waals surface area contributed by atoms with Gasteiger partial charge in [-0.2, -0.15) is 0 Å². The Balaban J connectivity index is 1.98. The number of benzene rings is 1. The summed E-state index contributed by atoms with van der Waals surface area (Å²) in [7, 11) is 0. The molecular formula is C12H12FNO3S. The maximum Gasteiger partial charge on any atom is 0.338 e. The van der Waals surface area contributed by atoms with Gasteiger partial charge in [-0.15, -0.1) is 11.8 Å². The number of nitrogens with zero attached hydrogens (tertiary/aromatic N) is 1. The van der Waals surface area contributed by atoms with E-state index >= 15 is 0 Å². The summed E-state index contributed by atoms with van der Waals surface area (Å²) in [5, 5.41) is 8.78. The molecule has 96 valence electrons. The van der Waals surface area contributed by atoms with E-state index in [2.05, 4.69) is 0 Å². The van der Waals surface area contributed by atoms with Crippen LogP contribution in [0.5, 0.6) is 0 Å². The SMILES string of the molecule is O=C(O)c1cc(SCC(=O)N2CCC2)ccc1F. The van der Waals surface area contributed by atoms with E-state index in [0.29, 0.717) is 4.90 Å². The lowest BCUT2D eigenvalue weighted by Gasteiger charge is -2.30. The van der Waals surface area contributed by atoms with Crippen LogP contribution in [-0.2, 0) is 4.79 Å². The molecule has 0 aliphatic carbocycles. The minimum Gasteiger partial charge on any atom is -0.478 e. The summed E-state index contributed by atoms with van der Waals surface area (Å²) in [6, 6.07) is 3.85. The minimum absolute atomic E-state index is 0.0347. The van der Waals surface area contributed by atoms with E-state index in [1.807, 2.05) is 0 Å². The number of amides is 1. The Labute approximate surface area is 108 Å². The van der Waals surface area contributed by atoms with Crippen LogP contribution in [0.3, 0.4) is 0 Å². The quantitative estimate of drug-likeness (QED) is 0.847. The number of rotatable bonds is 4. The Morgan fingerprint density at radius 3 is 2.67 bits per heavy atom. The first-order valence-electron chi connectivity index (χ1n) is 5.51. The molecule has 0 aromatic heterocycles. The van der Waals surface area contributed by atoms with Gasteiger partial charge in [-0.05, 0) is 24.6 Å². The predicted molar refractivity (Wildman–Crippen MR) is 65.3 cm³/mol. The molecule has 1 heterocycles. The first-order chi connectivity index (χ1) is 8.58. The molecule has 1 aromatic rings. The van der Waals surface area contributed by atoms with Gasteiger partial charge in [0, 0.05) is 18.0 Å². The van der Waals surface area contributed by atoms with Crippen LogP contribution >= 0.6 is 11.8 Å². The number of carbonyl (C=O) groups is 2. The average molecular weight is 269 g/mol. The van der Waals surface area contributed by atoms with E-state index in [0.717, 1.165) is 25.6 Å². The number of carboxylic acid groups (broad SMARTS) is 1. The van der Waals surface area contributed by atoms with Crippen LogP contribution in [0.15, 0.2) is 23.1 Å². The Bertz CT molecular complexity index is 488. The highest BCUT2D eigenvalue weighted by atomic mass is 32.2. The smallest absolute Gasteiger partial charge is 0.338 e. The van der Waals surface area contributed by atoms with Crippen molar-refractivity contribution in [1.29, 1.82) is 0 Å². The zero-order chi connectivity index (χ0) is 13.1. The third kappa shape index (κ3) is 2.81. The van der Waals surface area contributed by atoms with Gasteiger partial charge in [0.2, 0.25) is 5.91 Å². The molecule has 1 fully saturated rings. The van der Waals surface area contributed by atoms with E-state index in [-0.39, 0.29) is 17.2 Å². The standard InChI is InChI=1S/C12H12FNO3S/c13-10-3-2-8(6-9(10)12(16)17)18-7-11(15)14-4-1-5-14/h2-3,6H,1,4-5,7H2,(H,16,17). The lowest BCUT2D eigenvalue weighted by Crippen LogP contribution is -2.43. The van der Waals surface area contributed by atoms with E-state index in [9.17, 15) is 14.0 Å². The van der Waals surface area contributed by atoms with Gasteiger partial charge in [0.05, 0.1) is 11.3 Å². The van der Waals surface area contributed by atoms with Gasteiger partial charge in [0.25, 0.3) is 0 Å². The van der Waals surface area contributed by atoms with Crippen LogP contribution < -0.4 is 0 Å². The van der Waals surface area contributed by atoms with E-state index in [1.165, 1.54) is 23.9 Å². The van der Waals surface area contributed by atoms with Crippen molar-refractivity contribution in [3.8, 4) is 0 Å². The number of hydrogen-bond donors (Lipinski definition) is 1. The van der Waals surface area contributed by atoms with Crippen molar-refractivity contribution in [2.75, 3.05) is 18.8 Å². The number of aromatic carboxylic acids is 1. The van der Waals surface area contributed by atoms with Crippen molar-refractivity contribution in [1.82, 2.24) is 4.90 Å². The van der Waals surface area contributed by atoms with Crippen molar-refractivity contribution in [3.05, 3.63) is 29.6 Å². The van der Waals surface area contributed by atoms with Crippen molar-refractivity contribution in [2.45, 2.75) is 11.3 Å². The molecule has 18 heavy (non-hydrogen) atoms. The van der Waals surface area contributed by atoms with Gasteiger partial charge in [-0.3, -0.25) is 4.79 Å². The maximum absolute atomic E-state index is 13.1. The third-order valence-corrected chi connectivity index (χ3v) is 3.72. The molecular weight excluding hydrogens is 257 g/mol. The lowest BCUT2D eigenvalue weighted by atomic mass is 10.2. The molecule has 1 saturated heterocycles. The summed E-state index contributed by atoms with van der Waals surface area (Å²) in [6.45, 7) is 1.59. The fourth-order valence-corrected chi connectivity index (χ4v) is 2.40. The highest BCUT2D eigenvalue weighted by Gasteiger charge is 2.20. The second-order valence-electron chi connectivity index (χ2n) is 3.97. The predicted octanol–water partition coefficient (Wildman–Crippen LogP) is 1.85. The van der Waals surface area contributed by atoms with Gasteiger partial charge in [-0.25, -0.2) is 9.18 Å². The molecule has 4 nitrogen and oxygen atoms in total. The monoisotopic (exact) mass is 269 g/mol. The molecule has 1 aliphatic heterocycles. The van der Waals surface area contributed by atoms with Crippen LogP contribution in [0.2, 0.25) is 0 Å². The Kier molecular flexibility index (Phi) is 3.86. The molecule has 1 N–H and O–H groups in total. The summed E-state index contributed by atoms with van der Waals surface area (Å²) in [5.41, 5.74) is -0.364. The third-order valence-electron chi connectivity index (χ3n) is 2.74. The van der Waals surface area contributed by atoms with E-state index in [4.69, 9.17) is 5.11 Å². The fourth-order valence-electron chi connectivity index (χ4n) is 1.56. The van der Waals surface area contributed by atoms with Crippen LogP contribution in [-0.4, -0.2) is 40.7 Å². The van der Waals surface area contributed by atoms with Gasteiger partial charge in [-0.1, -0.05) is 0 Å². The summed E-state index contributed by atoms with van der Waals surface area (Å²) in [4.78, 5) is 24.7. The maximum atomic E-state index is 13.1. The fraction of sp³-hybridized carbons (Fsp3) is 0.333. The van der Waals surface area contributed by atoms with Crippen molar-refractivity contribution in [2.24, 2.45) is 0 Å². The van der Waals surface area contributed by atoms with Crippen molar-refractivity contribution < 1.29 is 19.1 Å². The first-order valence-corrected chi connectivity index (χ1v) is 6.50. The Morgan fingerprint density at radius 1 is 1.39 bits per heavy atom. The Hall–Kier alpha value is -1.56. The number of likely N-dealkylation sites (tertiary alicyclic amines) is 1. The number of carboxylic acids is 1. The number of hydrogen-bond acceptors (Lipinski definition) is 3. The molecule has 6 heteroatoms. The van der Waals surface area contributed by atoms with E-state index in [1.54, 1.807) is 4.90 Å². The number of thioether (sulfide) groups is 1. The average Bonchev–Trinajstić information content (AvgIpc) is 2.25. The molecule has 0 saturated carbocycles. The topological polar surface area (TPSA) is 57.6 Å². The van der Waals surface area contributed by atoms with Gasteiger partial charge in [0.15, 0.2) is 0 Å². The summed E-state index contributed by atoms with van der Waals surface area (Å²) in [6.07, 6.45) is 1.04. The molecule has 0 bridgehead atoms. The largest absolute Gasteiger partial charge is 0.478 e. The summed E-state index contributed by atoms with van der Waals surface area (Å²) in [5.74, 6) is -1.78. The first kappa shape index (κ1) is 12.9. The summed E-state index contributed by atoms with van der Waals surface area (Å²) < 4.78 is 13.1. The van der Waals surface area contributed by atoms with Crippen molar-refractivity contribution >= 4 is 23.6 Å². The zero-order valence-electron chi connectivity index (χ0n) is 9.56. The van der Waals surface area contributed by atoms with Gasteiger partial charge in [0.1, 0.15) is 5.82 Å². The highest BCUT2D eigenvalue weighted by molar-refractivity contribution is 8.00. The molecule has 0 spiro atoms. The second kappa shape index (κ2) is 5.39. The number of carbonyl (C=O) groups excluding carboxylic acids is 1. The lowest BCUT2D eigenvalue weighted by molar-refractivity contribution is -0.131. The van der Waals surface area contributed by atoms with E-state index < -0.39 is 11.8 Å².